The largest absolute Gasteiger partial charge is 0.494 e. The number of halogens is 1. The molecule has 116 valence electrons. The second-order valence-electron chi connectivity index (χ2n) is 5.84. The van der Waals surface area contributed by atoms with Gasteiger partial charge in [0.15, 0.2) is 23.1 Å². The third-order valence-electron chi connectivity index (χ3n) is 4.69. The third kappa shape index (κ3) is 2.33. The molecule has 0 radical (unpaired) electrons. The van der Waals surface area contributed by atoms with Crippen molar-refractivity contribution in [3.63, 3.8) is 0 Å². The van der Waals surface area contributed by atoms with Gasteiger partial charge in [-0.05, 0) is 12.8 Å². The summed E-state index contributed by atoms with van der Waals surface area (Å²) >= 11 is 0. The Morgan fingerprint density at radius 3 is 2.62 bits per heavy atom. The zero-order valence-electron chi connectivity index (χ0n) is 12.4. The van der Waals surface area contributed by atoms with E-state index in [1.807, 2.05) is 0 Å². The molecule has 0 aromatic heterocycles. The van der Waals surface area contributed by atoms with Crippen molar-refractivity contribution in [3.8, 4) is 17.2 Å². The van der Waals surface area contributed by atoms with Crippen LogP contribution in [-0.2, 0) is 5.41 Å². The molecule has 4 nitrogen and oxygen atoms in total. The van der Waals surface area contributed by atoms with Crippen molar-refractivity contribution in [2.24, 2.45) is 5.73 Å². The van der Waals surface area contributed by atoms with E-state index in [9.17, 15) is 4.39 Å². The molecule has 2 aliphatic rings. The van der Waals surface area contributed by atoms with E-state index in [0.29, 0.717) is 36.8 Å². The number of rotatable bonds is 3. The SMILES string of the molecule is COc1cc2c(c(C3(CN)CCCCC3)c1F)OCCO2. The number of nitrogens with two attached hydrogens (primary N) is 1. The summed E-state index contributed by atoms with van der Waals surface area (Å²) in [6.07, 6.45) is 5.05. The van der Waals surface area contributed by atoms with Gasteiger partial charge in [0.1, 0.15) is 13.2 Å². The van der Waals surface area contributed by atoms with Crippen LogP contribution in [0, 0.1) is 5.82 Å². The monoisotopic (exact) mass is 295 g/mol. The minimum absolute atomic E-state index is 0.202. The molecule has 0 atom stereocenters. The lowest BCUT2D eigenvalue weighted by Gasteiger charge is -2.39. The minimum Gasteiger partial charge on any atom is -0.494 e. The first-order chi connectivity index (χ1) is 10.2. The van der Waals surface area contributed by atoms with E-state index in [-0.39, 0.29) is 17.0 Å². The first kappa shape index (κ1) is 14.4. The lowest BCUT2D eigenvalue weighted by atomic mass is 9.68. The molecule has 0 spiro atoms. The molecule has 1 aromatic rings. The number of hydrogen-bond donors (Lipinski definition) is 1. The molecule has 1 aliphatic carbocycles. The Bertz CT molecular complexity index is 527. The van der Waals surface area contributed by atoms with Gasteiger partial charge < -0.3 is 19.9 Å². The van der Waals surface area contributed by atoms with Crippen molar-refractivity contribution in [3.05, 3.63) is 17.4 Å². The van der Waals surface area contributed by atoms with E-state index in [0.717, 1.165) is 25.7 Å². The quantitative estimate of drug-likeness (QED) is 0.931. The Kier molecular flexibility index (Phi) is 3.93. The molecule has 3 rings (SSSR count). The van der Waals surface area contributed by atoms with Crippen LogP contribution in [0.5, 0.6) is 17.2 Å². The van der Waals surface area contributed by atoms with Crippen LogP contribution in [0.4, 0.5) is 4.39 Å². The topological polar surface area (TPSA) is 53.7 Å². The second-order valence-corrected chi connectivity index (χ2v) is 5.84. The van der Waals surface area contributed by atoms with Crippen LogP contribution in [0.3, 0.4) is 0 Å². The molecule has 2 N–H and O–H groups in total. The highest BCUT2D eigenvalue weighted by Gasteiger charge is 2.40. The summed E-state index contributed by atoms with van der Waals surface area (Å²) < 4.78 is 31.5. The van der Waals surface area contributed by atoms with Crippen molar-refractivity contribution in [1.29, 1.82) is 0 Å². The van der Waals surface area contributed by atoms with Gasteiger partial charge in [0.05, 0.1) is 7.11 Å². The van der Waals surface area contributed by atoms with Gasteiger partial charge >= 0.3 is 0 Å². The van der Waals surface area contributed by atoms with E-state index in [1.165, 1.54) is 13.5 Å². The number of ether oxygens (including phenoxy) is 3. The summed E-state index contributed by atoms with van der Waals surface area (Å²) in [7, 11) is 1.47. The summed E-state index contributed by atoms with van der Waals surface area (Å²) in [6, 6.07) is 1.57. The number of methoxy groups -OCH3 is 1. The fraction of sp³-hybridized carbons (Fsp3) is 0.625. The maximum atomic E-state index is 15.0. The van der Waals surface area contributed by atoms with Crippen molar-refractivity contribution >= 4 is 0 Å². The third-order valence-corrected chi connectivity index (χ3v) is 4.69. The van der Waals surface area contributed by atoms with Gasteiger partial charge in [-0.15, -0.1) is 0 Å². The molecular formula is C16H22FNO3. The van der Waals surface area contributed by atoms with Crippen molar-refractivity contribution in [1.82, 2.24) is 0 Å². The van der Waals surface area contributed by atoms with Crippen molar-refractivity contribution in [2.45, 2.75) is 37.5 Å². The van der Waals surface area contributed by atoms with Crippen LogP contribution in [0.1, 0.15) is 37.7 Å². The molecule has 0 saturated heterocycles. The summed E-state index contributed by atoms with van der Waals surface area (Å²) in [5, 5.41) is 0. The summed E-state index contributed by atoms with van der Waals surface area (Å²) in [5.74, 6) is 0.932. The maximum Gasteiger partial charge on any atom is 0.172 e. The van der Waals surface area contributed by atoms with Crippen LogP contribution < -0.4 is 19.9 Å². The molecule has 1 aliphatic heterocycles. The van der Waals surface area contributed by atoms with E-state index in [2.05, 4.69) is 0 Å². The maximum absolute atomic E-state index is 15.0. The highest BCUT2D eigenvalue weighted by molar-refractivity contribution is 5.56. The standard InChI is InChI=1S/C16H22FNO3/c1-19-11-9-12-15(21-8-7-20-12)13(14(11)17)16(10-18)5-3-2-4-6-16/h9H,2-8,10,18H2,1H3. The number of hydrogen-bond acceptors (Lipinski definition) is 4. The fourth-order valence-electron chi connectivity index (χ4n) is 3.55. The zero-order chi connectivity index (χ0) is 14.9. The fourth-order valence-corrected chi connectivity index (χ4v) is 3.55. The second kappa shape index (κ2) is 5.72. The van der Waals surface area contributed by atoms with Crippen LogP contribution in [0.2, 0.25) is 0 Å². The average molecular weight is 295 g/mol. The summed E-state index contributed by atoms with van der Waals surface area (Å²) in [5.41, 5.74) is 6.24. The predicted molar refractivity (Wildman–Crippen MR) is 77.8 cm³/mol. The van der Waals surface area contributed by atoms with E-state index >= 15 is 0 Å². The molecule has 0 unspecified atom stereocenters. The smallest absolute Gasteiger partial charge is 0.172 e. The van der Waals surface area contributed by atoms with E-state index in [1.54, 1.807) is 6.07 Å². The van der Waals surface area contributed by atoms with Gasteiger partial charge in [0, 0.05) is 23.6 Å². The molecule has 5 heteroatoms. The van der Waals surface area contributed by atoms with E-state index in [4.69, 9.17) is 19.9 Å². The molecule has 21 heavy (non-hydrogen) atoms. The molecule has 1 saturated carbocycles. The number of benzene rings is 1. The molecule has 0 amide bonds. The molecular weight excluding hydrogens is 273 g/mol. The lowest BCUT2D eigenvalue weighted by Crippen LogP contribution is -2.39. The van der Waals surface area contributed by atoms with Gasteiger partial charge in [-0.1, -0.05) is 19.3 Å². The number of fused-ring (bicyclic) bond motifs is 1. The minimum atomic E-state index is -0.373. The normalized spacial score (nSPS) is 20.1. The van der Waals surface area contributed by atoms with Gasteiger partial charge in [-0.25, -0.2) is 4.39 Å². The van der Waals surface area contributed by atoms with Crippen LogP contribution in [-0.4, -0.2) is 26.9 Å². The van der Waals surface area contributed by atoms with Crippen LogP contribution in [0.25, 0.3) is 0 Å². The molecule has 1 heterocycles. The van der Waals surface area contributed by atoms with E-state index < -0.39 is 0 Å². The Labute approximate surface area is 124 Å². The highest BCUT2D eigenvalue weighted by atomic mass is 19.1. The Hall–Kier alpha value is -1.49. The first-order valence-electron chi connectivity index (χ1n) is 7.58. The van der Waals surface area contributed by atoms with Crippen LogP contribution >= 0.6 is 0 Å². The van der Waals surface area contributed by atoms with Gasteiger partial charge in [-0.3, -0.25) is 0 Å². The first-order valence-corrected chi connectivity index (χ1v) is 7.58. The average Bonchev–Trinajstić information content (AvgIpc) is 2.55. The lowest BCUT2D eigenvalue weighted by molar-refractivity contribution is 0.160. The Balaban J connectivity index is 2.19. The molecule has 0 bridgehead atoms. The predicted octanol–water partition coefficient (Wildman–Crippen LogP) is 2.77. The Morgan fingerprint density at radius 1 is 1.24 bits per heavy atom. The molecule has 1 fully saturated rings. The van der Waals surface area contributed by atoms with Crippen molar-refractivity contribution in [2.75, 3.05) is 26.9 Å². The molecule has 1 aromatic carbocycles. The summed E-state index contributed by atoms with van der Waals surface area (Å²) in [4.78, 5) is 0. The highest BCUT2D eigenvalue weighted by Crippen LogP contribution is 2.50. The van der Waals surface area contributed by atoms with Gasteiger partial charge in [0.2, 0.25) is 0 Å². The van der Waals surface area contributed by atoms with Crippen LogP contribution in [0.15, 0.2) is 6.07 Å². The zero-order valence-corrected chi connectivity index (χ0v) is 12.4. The van der Waals surface area contributed by atoms with Crippen molar-refractivity contribution < 1.29 is 18.6 Å². The van der Waals surface area contributed by atoms with Gasteiger partial charge in [0.25, 0.3) is 0 Å². The summed E-state index contributed by atoms with van der Waals surface area (Å²) in [6.45, 7) is 1.32. The van der Waals surface area contributed by atoms with Gasteiger partial charge in [-0.2, -0.15) is 0 Å². The Morgan fingerprint density at radius 2 is 1.95 bits per heavy atom.